The van der Waals surface area contributed by atoms with Crippen LogP contribution in [0.1, 0.15) is 13.8 Å². The Balaban J connectivity index is 0.000000277. The molecule has 0 saturated carbocycles. The van der Waals surface area contributed by atoms with Gasteiger partial charge in [-0.2, -0.15) is 0 Å². The van der Waals surface area contributed by atoms with E-state index < -0.39 is 12.1 Å². The molecule has 4 heteroatoms. The fourth-order valence-corrected chi connectivity index (χ4v) is 1.82. The number of esters is 1. The minimum Gasteiger partial charge on any atom is -0.494 e. The molecule has 24 heavy (non-hydrogen) atoms. The molecule has 1 atom stereocenters. The first kappa shape index (κ1) is 19.5. The summed E-state index contributed by atoms with van der Waals surface area (Å²) in [6, 6.07) is 18.5. The molecule has 0 aliphatic heterocycles. The van der Waals surface area contributed by atoms with Crippen LogP contribution in [0, 0.1) is 0 Å². The van der Waals surface area contributed by atoms with Crippen molar-refractivity contribution in [3.63, 3.8) is 0 Å². The van der Waals surface area contributed by atoms with Crippen molar-refractivity contribution in [2.45, 2.75) is 20.0 Å². The molecule has 2 aromatic carbocycles. The Bertz CT molecular complexity index is 605. The molecule has 0 fully saturated rings. The lowest BCUT2D eigenvalue weighted by atomic mass is 10.1. The summed E-state index contributed by atoms with van der Waals surface area (Å²) >= 11 is 0. The first-order valence-corrected chi connectivity index (χ1v) is 7.82. The third-order valence-corrected chi connectivity index (χ3v) is 3.01. The summed E-state index contributed by atoms with van der Waals surface area (Å²) in [6.07, 6.45) is 0.627. The van der Waals surface area contributed by atoms with E-state index in [0.29, 0.717) is 6.61 Å². The van der Waals surface area contributed by atoms with Crippen LogP contribution in [-0.2, 0) is 9.53 Å². The highest BCUT2D eigenvalue weighted by Gasteiger charge is 2.02. The molecule has 2 rings (SSSR count). The highest BCUT2D eigenvalue weighted by Crippen LogP contribution is 2.21. The van der Waals surface area contributed by atoms with E-state index in [9.17, 15) is 4.79 Å². The highest BCUT2D eigenvalue weighted by molar-refractivity contribution is 5.81. The number of ether oxygens (including phenoxy) is 2. The fourth-order valence-electron chi connectivity index (χ4n) is 1.82. The Morgan fingerprint density at radius 3 is 2.21 bits per heavy atom. The van der Waals surface area contributed by atoms with Crippen molar-refractivity contribution >= 4 is 5.97 Å². The van der Waals surface area contributed by atoms with Crippen LogP contribution >= 0.6 is 0 Å². The molecule has 0 radical (unpaired) electrons. The molecule has 2 aromatic rings. The first-order chi connectivity index (χ1) is 11.6. The van der Waals surface area contributed by atoms with Gasteiger partial charge < -0.3 is 14.6 Å². The van der Waals surface area contributed by atoms with E-state index in [0.717, 1.165) is 11.8 Å². The number of hydrogen-bond acceptors (Lipinski definition) is 4. The van der Waals surface area contributed by atoms with Crippen LogP contribution in [-0.4, -0.2) is 30.4 Å². The van der Waals surface area contributed by atoms with Gasteiger partial charge in [-0.05, 0) is 37.1 Å². The van der Waals surface area contributed by atoms with Crippen molar-refractivity contribution in [1.29, 1.82) is 0 Å². The van der Waals surface area contributed by atoms with E-state index in [1.54, 1.807) is 6.92 Å². The minimum absolute atomic E-state index is 0.153. The average molecular weight is 328 g/mol. The second-order valence-electron chi connectivity index (χ2n) is 4.96. The van der Waals surface area contributed by atoms with Gasteiger partial charge in [0.05, 0.1) is 13.2 Å². The van der Waals surface area contributed by atoms with Gasteiger partial charge in [0.1, 0.15) is 11.9 Å². The van der Waals surface area contributed by atoms with Gasteiger partial charge in [0.15, 0.2) is 0 Å². The van der Waals surface area contributed by atoms with Crippen molar-refractivity contribution in [1.82, 2.24) is 0 Å². The Hall–Kier alpha value is -2.59. The summed E-state index contributed by atoms with van der Waals surface area (Å²) in [7, 11) is 0. The summed E-state index contributed by atoms with van der Waals surface area (Å²) in [5.41, 5.74) is 2.46. The molecule has 0 saturated heterocycles. The van der Waals surface area contributed by atoms with Crippen LogP contribution in [0.3, 0.4) is 0 Å². The fraction of sp³-hybridized carbons (Fsp3) is 0.250. The van der Waals surface area contributed by atoms with Crippen LogP contribution in [0.5, 0.6) is 5.75 Å². The normalized spacial score (nSPS) is 10.8. The molecule has 1 N–H and O–H groups in total. The van der Waals surface area contributed by atoms with E-state index >= 15 is 0 Å². The van der Waals surface area contributed by atoms with E-state index in [1.165, 1.54) is 11.1 Å². The third-order valence-electron chi connectivity index (χ3n) is 3.01. The van der Waals surface area contributed by atoms with Gasteiger partial charge in [-0.1, -0.05) is 49.0 Å². The molecular formula is C20H24O4. The van der Waals surface area contributed by atoms with Gasteiger partial charge in [-0.15, -0.1) is 0 Å². The van der Waals surface area contributed by atoms with Gasteiger partial charge in [0.25, 0.3) is 0 Å². The largest absolute Gasteiger partial charge is 0.494 e. The zero-order chi connectivity index (χ0) is 17.8. The van der Waals surface area contributed by atoms with Gasteiger partial charge >= 0.3 is 5.97 Å². The summed E-state index contributed by atoms with van der Waals surface area (Å²) < 4.78 is 9.94. The van der Waals surface area contributed by atoms with Gasteiger partial charge in [0, 0.05) is 6.08 Å². The predicted molar refractivity (Wildman–Crippen MR) is 95.9 cm³/mol. The third kappa shape index (κ3) is 7.11. The molecule has 0 aromatic heterocycles. The lowest BCUT2D eigenvalue weighted by molar-refractivity contribution is -0.143. The number of rotatable bonds is 6. The van der Waals surface area contributed by atoms with Crippen molar-refractivity contribution in [3.8, 4) is 16.9 Å². The van der Waals surface area contributed by atoms with E-state index in [4.69, 9.17) is 9.84 Å². The van der Waals surface area contributed by atoms with E-state index in [1.807, 2.05) is 37.3 Å². The van der Waals surface area contributed by atoms with Crippen molar-refractivity contribution in [3.05, 3.63) is 67.3 Å². The zero-order valence-electron chi connectivity index (χ0n) is 14.1. The Labute approximate surface area is 143 Å². The molecule has 1 unspecified atom stereocenters. The van der Waals surface area contributed by atoms with Crippen LogP contribution in [0.2, 0.25) is 0 Å². The molecule has 0 heterocycles. The predicted octanol–water partition coefficient (Wildman–Crippen LogP) is 3.85. The summed E-state index contributed by atoms with van der Waals surface area (Å²) in [4.78, 5) is 10.3. The lowest BCUT2D eigenvalue weighted by Gasteiger charge is -2.06. The monoisotopic (exact) mass is 328 g/mol. The van der Waals surface area contributed by atoms with Crippen molar-refractivity contribution in [2.24, 2.45) is 0 Å². The SMILES string of the molecule is C=CC(=O)OC(C)CO.CCOc1ccc(-c2ccccc2)cc1. The maximum Gasteiger partial charge on any atom is 0.330 e. The Morgan fingerprint density at radius 1 is 1.12 bits per heavy atom. The van der Waals surface area contributed by atoms with Crippen molar-refractivity contribution in [2.75, 3.05) is 13.2 Å². The van der Waals surface area contributed by atoms with E-state index in [2.05, 4.69) is 35.6 Å². The molecule has 0 bridgehead atoms. The number of hydrogen-bond donors (Lipinski definition) is 1. The molecule has 0 spiro atoms. The molecule has 0 amide bonds. The Morgan fingerprint density at radius 2 is 1.71 bits per heavy atom. The van der Waals surface area contributed by atoms with Crippen LogP contribution < -0.4 is 4.74 Å². The van der Waals surface area contributed by atoms with Crippen LogP contribution in [0.4, 0.5) is 0 Å². The maximum absolute atomic E-state index is 10.3. The van der Waals surface area contributed by atoms with Gasteiger partial charge in [-0.25, -0.2) is 4.79 Å². The zero-order valence-corrected chi connectivity index (χ0v) is 14.1. The van der Waals surface area contributed by atoms with Gasteiger partial charge in [0.2, 0.25) is 0 Å². The quantitative estimate of drug-likeness (QED) is 0.646. The van der Waals surface area contributed by atoms with E-state index in [-0.39, 0.29) is 6.61 Å². The number of carbonyl (C=O) groups excluding carboxylic acids is 1. The Kier molecular flexibility index (Phi) is 8.94. The molecule has 4 nitrogen and oxygen atoms in total. The number of aliphatic hydroxyl groups is 1. The van der Waals surface area contributed by atoms with Gasteiger partial charge in [-0.3, -0.25) is 0 Å². The topological polar surface area (TPSA) is 55.8 Å². The first-order valence-electron chi connectivity index (χ1n) is 7.82. The number of carbonyl (C=O) groups is 1. The van der Waals surface area contributed by atoms with Crippen molar-refractivity contribution < 1.29 is 19.4 Å². The number of aliphatic hydroxyl groups excluding tert-OH is 1. The summed E-state index contributed by atoms with van der Waals surface area (Å²) in [5.74, 6) is 0.425. The van der Waals surface area contributed by atoms with Crippen LogP contribution in [0.25, 0.3) is 11.1 Å². The molecule has 0 aliphatic rings. The minimum atomic E-state index is -0.503. The highest BCUT2D eigenvalue weighted by atomic mass is 16.5. The summed E-state index contributed by atoms with van der Waals surface area (Å²) in [6.45, 7) is 7.34. The molecule has 128 valence electrons. The standard InChI is InChI=1S/C14H14O.C6H10O3/c1-2-15-14-10-8-13(9-11-14)12-6-4-3-5-7-12;1-3-6(8)9-5(2)4-7/h3-11H,2H2,1H3;3,5,7H,1,4H2,2H3. The number of benzene rings is 2. The second kappa shape index (κ2) is 11.0. The lowest BCUT2D eigenvalue weighted by Crippen LogP contribution is -2.16. The second-order valence-corrected chi connectivity index (χ2v) is 4.96. The molecular weight excluding hydrogens is 304 g/mol. The van der Waals surface area contributed by atoms with Crippen LogP contribution in [0.15, 0.2) is 67.3 Å². The summed E-state index contributed by atoms with van der Waals surface area (Å²) in [5, 5.41) is 8.37. The smallest absolute Gasteiger partial charge is 0.330 e. The average Bonchev–Trinajstić information content (AvgIpc) is 2.63. The molecule has 0 aliphatic carbocycles. The maximum atomic E-state index is 10.3.